The molecule has 1 heterocycles. The predicted octanol–water partition coefficient (Wildman–Crippen LogP) is 1.13. The van der Waals surface area contributed by atoms with Crippen LogP contribution in [-0.2, 0) is 0 Å². The molecule has 0 fully saturated rings. The van der Waals surface area contributed by atoms with E-state index in [2.05, 4.69) is 20.3 Å². The highest BCUT2D eigenvalue weighted by Gasteiger charge is 2.17. The van der Waals surface area contributed by atoms with Gasteiger partial charge in [-0.2, -0.15) is 0 Å². The van der Waals surface area contributed by atoms with Crippen LogP contribution in [0.4, 0.5) is 5.69 Å². The minimum Gasteiger partial charge on any atom is -0.320 e. The number of hydrogen-bond acceptors (Lipinski definition) is 5. The van der Waals surface area contributed by atoms with Gasteiger partial charge in [-0.15, -0.1) is 0 Å². The minimum absolute atomic E-state index is 0.117. The molecule has 1 aromatic heterocycles. The fourth-order valence-electron chi connectivity index (χ4n) is 1.14. The number of carbonyl (C=O) groups excluding carboxylic acids is 2. The second-order valence-electron chi connectivity index (χ2n) is 2.94. The summed E-state index contributed by atoms with van der Waals surface area (Å²) in [4.78, 5) is 22.1. The Bertz CT molecular complexity index is 507. The highest BCUT2D eigenvalue weighted by molar-refractivity contribution is 6.06. The highest BCUT2D eigenvalue weighted by atomic mass is 16.6. The van der Waals surface area contributed by atoms with E-state index in [0.717, 1.165) is 0 Å². The molecule has 80 valence electrons. The Morgan fingerprint density at radius 3 is 2.69 bits per heavy atom. The zero-order valence-corrected chi connectivity index (χ0v) is 8.08. The van der Waals surface area contributed by atoms with Crippen molar-refractivity contribution in [2.24, 2.45) is 0 Å². The molecule has 0 aliphatic heterocycles. The smallest absolute Gasteiger partial charge is 0.280 e. The van der Waals surface area contributed by atoms with Crippen LogP contribution >= 0.6 is 0 Å². The summed E-state index contributed by atoms with van der Waals surface area (Å²) in [6.45, 7) is 0. The second kappa shape index (κ2) is 4.35. The lowest BCUT2D eigenvalue weighted by Gasteiger charge is -2.01. The highest BCUT2D eigenvalue weighted by Crippen LogP contribution is 2.08. The molecule has 0 spiro atoms. The number of carbonyl (C=O) groups is 2. The van der Waals surface area contributed by atoms with Crippen molar-refractivity contribution in [2.45, 2.75) is 0 Å². The van der Waals surface area contributed by atoms with Gasteiger partial charge in [-0.05, 0) is 22.4 Å². The molecule has 0 radical (unpaired) electrons. The number of para-hydroxylation sites is 1. The number of amides is 1. The van der Waals surface area contributed by atoms with Crippen molar-refractivity contribution >= 4 is 17.9 Å². The SMILES string of the molecule is O=Cc1nonc1C(=O)Nc1ccccc1. The summed E-state index contributed by atoms with van der Waals surface area (Å²) in [6, 6.07) is 8.80. The first-order valence-electron chi connectivity index (χ1n) is 4.45. The first kappa shape index (κ1) is 10.0. The summed E-state index contributed by atoms with van der Waals surface area (Å²) in [5, 5.41) is 9.19. The third-order valence-electron chi connectivity index (χ3n) is 1.87. The van der Waals surface area contributed by atoms with Crippen LogP contribution in [0.25, 0.3) is 0 Å². The first-order chi connectivity index (χ1) is 7.81. The Kier molecular flexibility index (Phi) is 2.73. The normalized spacial score (nSPS) is 9.75. The molecule has 1 amide bonds. The number of rotatable bonds is 3. The average molecular weight is 217 g/mol. The molecule has 0 saturated carbocycles. The van der Waals surface area contributed by atoms with Crippen LogP contribution in [0.5, 0.6) is 0 Å². The molecule has 0 atom stereocenters. The lowest BCUT2D eigenvalue weighted by atomic mass is 10.3. The molecule has 16 heavy (non-hydrogen) atoms. The van der Waals surface area contributed by atoms with Gasteiger partial charge in [0.05, 0.1) is 0 Å². The van der Waals surface area contributed by atoms with E-state index in [1.807, 2.05) is 6.07 Å². The molecular weight excluding hydrogens is 210 g/mol. The summed E-state index contributed by atoms with van der Waals surface area (Å²) < 4.78 is 4.30. The molecule has 0 saturated heterocycles. The fraction of sp³-hybridized carbons (Fsp3) is 0. The van der Waals surface area contributed by atoms with E-state index < -0.39 is 5.91 Å². The Labute approximate surface area is 90.2 Å². The molecule has 0 aliphatic carbocycles. The van der Waals surface area contributed by atoms with Gasteiger partial charge in [0.1, 0.15) is 0 Å². The molecule has 6 heteroatoms. The van der Waals surface area contributed by atoms with E-state index in [1.165, 1.54) is 0 Å². The third-order valence-corrected chi connectivity index (χ3v) is 1.87. The van der Waals surface area contributed by atoms with Crippen molar-refractivity contribution in [1.29, 1.82) is 0 Å². The summed E-state index contributed by atoms with van der Waals surface area (Å²) in [7, 11) is 0. The van der Waals surface area contributed by atoms with Crippen molar-refractivity contribution in [1.82, 2.24) is 10.3 Å². The molecule has 1 N–H and O–H groups in total. The van der Waals surface area contributed by atoms with Gasteiger partial charge in [0.25, 0.3) is 5.91 Å². The van der Waals surface area contributed by atoms with Crippen LogP contribution in [0.15, 0.2) is 35.0 Å². The largest absolute Gasteiger partial charge is 0.320 e. The fourth-order valence-corrected chi connectivity index (χ4v) is 1.14. The number of aldehydes is 1. The number of nitrogens with zero attached hydrogens (tertiary/aromatic N) is 2. The van der Waals surface area contributed by atoms with Gasteiger partial charge in [0.2, 0.25) is 5.69 Å². The number of aromatic nitrogens is 2. The van der Waals surface area contributed by atoms with Crippen molar-refractivity contribution in [3.63, 3.8) is 0 Å². The monoisotopic (exact) mass is 217 g/mol. The lowest BCUT2D eigenvalue weighted by Crippen LogP contribution is -2.14. The quantitative estimate of drug-likeness (QED) is 0.779. The van der Waals surface area contributed by atoms with E-state index in [-0.39, 0.29) is 11.4 Å². The van der Waals surface area contributed by atoms with E-state index >= 15 is 0 Å². The minimum atomic E-state index is -0.533. The van der Waals surface area contributed by atoms with Crippen molar-refractivity contribution < 1.29 is 14.2 Å². The predicted molar refractivity (Wildman–Crippen MR) is 54.1 cm³/mol. The average Bonchev–Trinajstić information content (AvgIpc) is 2.78. The number of nitrogens with one attached hydrogen (secondary N) is 1. The molecule has 2 aromatic rings. The standard InChI is InChI=1S/C10H7N3O3/c14-6-8-9(13-16-12-8)10(15)11-7-4-2-1-3-5-7/h1-6H,(H,11,15). The zero-order valence-electron chi connectivity index (χ0n) is 8.08. The van der Waals surface area contributed by atoms with Crippen LogP contribution in [0, 0.1) is 0 Å². The van der Waals surface area contributed by atoms with Gasteiger partial charge in [-0.1, -0.05) is 18.2 Å². The van der Waals surface area contributed by atoms with Crippen molar-refractivity contribution in [3.05, 3.63) is 41.7 Å². The summed E-state index contributed by atoms with van der Waals surface area (Å²) in [6.07, 6.45) is 0.413. The zero-order chi connectivity index (χ0) is 11.4. The molecule has 0 unspecified atom stereocenters. The second-order valence-corrected chi connectivity index (χ2v) is 2.94. The van der Waals surface area contributed by atoms with Gasteiger partial charge >= 0.3 is 0 Å². The van der Waals surface area contributed by atoms with Crippen LogP contribution in [0.2, 0.25) is 0 Å². The summed E-state index contributed by atoms with van der Waals surface area (Å²) >= 11 is 0. The maximum atomic E-state index is 11.6. The van der Waals surface area contributed by atoms with Gasteiger partial charge in [-0.25, -0.2) is 4.63 Å². The summed E-state index contributed by atoms with van der Waals surface area (Å²) in [5.74, 6) is -0.533. The van der Waals surface area contributed by atoms with E-state index in [9.17, 15) is 9.59 Å². The van der Waals surface area contributed by atoms with Gasteiger partial charge in [-0.3, -0.25) is 9.59 Å². The molecule has 2 rings (SSSR count). The Morgan fingerprint density at radius 2 is 2.00 bits per heavy atom. The summed E-state index contributed by atoms with van der Waals surface area (Å²) in [5.41, 5.74) is 0.361. The Hall–Kier alpha value is -2.50. The maximum absolute atomic E-state index is 11.6. The number of benzene rings is 1. The number of anilines is 1. The Balaban J connectivity index is 2.18. The number of hydrogen-bond donors (Lipinski definition) is 1. The molecule has 0 bridgehead atoms. The van der Waals surface area contributed by atoms with Gasteiger partial charge in [0, 0.05) is 5.69 Å². The van der Waals surface area contributed by atoms with Gasteiger partial charge < -0.3 is 5.32 Å². The van der Waals surface area contributed by atoms with Crippen LogP contribution < -0.4 is 5.32 Å². The molecular formula is C10H7N3O3. The topological polar surface area (TPSA) is 85.1 Å². The van der Waals surface area contributed by atoms with E-state index in [1.54, 1.807) is 24.3 Å². The molecule has 1 aromatic carbocycles. The van der Waals surface area contributed by atoms with E-state index in [0.29, 0.717) is 12.0 Å². The van der Waals surface area contributed by atoms with Crippen LogP contribution in [0.1, 0.15) is 21.0 Å². The molecule has 0 aliphatic rings. The maximum Gasteiger partial charge on any atom is 0.280 e. The molecule has 6 nitrogen and oxygen atoms in total. The lowest BCUT2D eigenvalue weighted by molar-refractivity contribution is 0.101. The third kappa shape index (κ3) is 1.95. The van der Waals surface area contributed by atoms with Crippen LogP contribution in [-0.4, -0.2) is 22.5 Å². The van der Waals surface area contributed by atoms with Gasteiger partial charge in [0.15, 0.2) is 12.0 Å². The first-order valence-corrected chi connectivity index (χ1v) is 4.45. The van der Waals surface area contributed by atoms with Crippen LogP contribution in [0.3, 0.4) is 0 Å². The van der Waals surface area contributed by atoms with Crippen molar-refractivity contribution in [2.75, 3.05) is 5.32 Å². The van der Waals surface area contributed by atoms with E-state index in [4.69, 9.17) is 0 Å². The van der Waals surface area contributed by atoms with Crippen molar-refractivity contribution in [3.8, 4) is 0 Å². The Morgan fingerprint density at radius 1 is 1.25 bits per heavy atom.